The Balaban J connectivity index is 1.44. The highest BCUT2D eigenvalue weighted by Crippen LogP contribution is 2.22. The predicted octanol–water partition coefficient (Wildman–Crippen LogP) is 2.89. The first-order valence-electron chi connectivity index (χ1n) is 9.89. The van der Waals surface area contributed by atoms with E-state index in [0.717, 1.165) is 18.4 Å². The highest BCUT2D eigenvalue weighted by molar-refractivity contribution is 7.12. The van der Waals surface area contributed by atoms with Gasteiger partial charge in [-0.3, -0.25) is 14.4 Å². The molecule has 1 fully saturated rings. The molecular formula is C22H26N2O4S. The maximum atomic E-state index is 12.5. The van der Waals surface area contributed by atoms with E-state index in [1.54, 1.807) is 17.9 Å². The van der Waals surface area contributed by atoms with Gasteiger partial charge in [0.1, 0.15) is 0 Å². The average Bonchev–Trinajstić information content (AvgIpc) is 3.29. The average molecular weight is 415 g/mol. The summed E-state index contributed by atoms with van der Waals surface area (Å²) >= 11 is 1.39. The summed E-state index contributed by atoms with van der Waals surface area (Å²) in [7, 11) is 0. The van der Waals surface area contributed by atoms with Crippen molar-refractivity contribution < 1.29 is 19.1 Å². The minimum absolute atomic E-state index is 0.0517. The van der Waals surface area contributed by atoms with Crippen LogP contribution in [0, 0.1) is 5.92 Å². The lowest BCUT2D eigenvalue weighted by Gasteiger charge is -2.31. The van der Waals surface area contributed by atoms with Gasteiger partial charge in [-0.2, -0.15) is 0 Å². The number of benzene rings is 1. The summed E-state index contributed by atoms with van der Waals surface area (Å²) in [4.78, 5) is 39.6. The molecule has 2 amide bonds. The number of thiophene rings is 1. The Morgan fingerprint density at radius 2 is 2.00 bits per heavy atom. The molecule has 3 rings (SSSR count). The molecule has 1 N–H and O–H groups in total. The smallest absolute Gasteiger partial charge is 0.311 e. The van der Waals surface area contributed by atoms with Crippen LogP contribution in [-0.4, -0.2) is 48.4 Å². The molecule has 2 heterocycles. The summed E-state index contributed by atoms with van der Waals surface area (Å²) < 4.78 is 5.39. The number of amides is 2. The van der Waals surface area contributed by atoms with Crippen LogP contribution >= 0.6 is 11.3 Å². The van der Waals surface area contributed by atoms with Crippen molar-refractivity contribution in [3.63, 3.8) is 0 Å². The Morgan fingerprint density at radius 1 is 1.21 bits per heavy atom. The lowest BCUT2D eigenvalue weighted by atomic mass is 9.98. The van der Waals surface area contributed by atoms with E-state index in [4.69, 9.17) is 4.74 Å². The largest absolute Gasteiger partial charge is 0.452 e. The third kappa shape index (κ3) is 5.90. The fraction of sp³-hybridized carbons (Fsp3) is 0.409. The van der Waals surface area contributed by atoms with E-state index in [1.165, 1.54) is 11.3 Å². The molecule has 0 radical (unpaired) electrons. The zero-order chi connectivity index (χ0) is 20.6. The van der Waals surface area contributed by atoms with Crippen LogP contribution in [0.2, 0.25) is 0 Å². The van der Waals surface area contributed by atoms with Crippen molar-refractivity contribution >= 4 is 29.1 Å². The van der Waals surface area contributed by atoms with E-state index in [1.807, 2.05) is 41.8 Å². The highest BCUT2D eigenvalue weighted by Gasteiger charge is 2.32. The number of nitrogens with one attached hydrogen (secondary N) is 1. The highest BCUT2D eigenvalue weighted by atomic mass is 32.1. The lowest BCUT2D eigenvalue weighted by molar-refractivity contribution is -0.160. The van der Waals surface area contributed by atoms with Crippen LogP contribution in [0.4, 0.5) is 0 Å². The molecule has 0 saturated carbocycles. The molecule has 1 aliphatic heterocycles. The second-order valence-electron chi connectivity index (χ2n) is 7.17. The van der Waals surface area contributed by atoms with E-state index in [2.05, 4.69) is 5.32 Å². The first-order valence-corrected chi connectivity index (χ1v) is 10.8. The van der Waals surface area contributed by atoms with Gasteiger partial charge in [-0.1, -0.05) is 36.4 Å². The van der Waals surface area contributed by atoms with Gasteiger partial charge in [-0.15, -0.1) is 11.3 Å². The molecular weight excluding hydrogens is 388 g/mol. The fourth-order valence-electron chi connectivity index (χ4n) is 3.35. The van der Waals surface area contributed by atoms with Crippen molar-refractivity contribution in [2.75, 3.05) is 19.6 Å². The van der Waals surface area contributed by atoms with Crippen LogP contribution in [-0.2, 0) is 20.7 Å². The summed E-state index contributed by atoms with van der Waals surface area (Å²) in [5.41, 5.74) is 1.13. The van der Waals surface area contributed by atoms with Crippen LogP contribution in [0.25, 0.3) is 0 Å². The summed E-state index contributed by atoms with van der Waals surface area (Å²) in [5.74, 6) is -1.17. The van der Waals surface area contributed by atoms with Gasteiger partial charge < -0.3 is 15.0 Å². The summed E-state index contributed by atoms with van der Waals surface area (Å²) in [6.45, 7) is 3.03. The molecule has 0 bridgehead atoms. The van der Waals surface area contributed by atoms with E-state index in [-0.39, 0.29) is 11.8 Å². The van der Waals surface area contributed by atoms with Crippen LogP contribution in [0.15, 0.2) is 47.8 Å². The Kier molecular flexibility index (Phi) is 7.41. The lowest BCUT2D eigenvalue weighted by Crippen LogP contribution is -2.44. The van der Waals surface area contributed by atoms with Crippen LogP contribution in [0.3, 0.4) is 0 Å². The summed E-state index contributed by atoms with van der Waals surface area (Å²) in [6, 6.07) is 13.5. The minimum atomic E-state index is -0.860. The zero-order valence-corrected chi connectivity index (χ0v) is 17.3. The van der Waals surface area contributed by atoms with Gasteiger partial charge in [0.25, 0.3) is 11.8 Å². The zero-order valence-electron chi connectivity index (χ0n) is 16.5. The van der Waals surface area contributed by atoms with E-state index in [9.17, 15) is 14.4 Å². The molecule has 1 aromatic heterocycles. The molecule has 1 aliphatic rings. The van der Waals surface area contributed by atoms with Crippen molar-refractivity contribution in [3.05, 3.63) is 58.3 Å². The number of carbonyl (C=O) groups is 3. The van der Waals surface area contributed by atoms with Gasteiger partial charge in [-0.25, -0.2) is 0 Å². The van der Waals surface area contributed by atoms with Crippen molar-refractivity contribution in [1.82, 2.24) is 10.2 Å². The standard InChI is InChI=1S/C22H26N2O4S/c1-16(20(25)23-12-11-17-7-3-2-4-8-17)28-22(27)18-9-5-13-24(15-18)21(26)19-10-6-14-29-19/h2-4,6-8,10,14,16,18H,5,9,11-13,15H2,1H3,(H,23,25). The number of esters is 1. The van der Waals surface area contributed by atoms with Gasteiger partial charge >= 0.3 is 5.97 Å². The molecule has 7 heteroatoms. The second-order valence-corrected chi connectivity index (χ2v) is 8.12. The Labute approximate surface area is 174 Å². The van der Waals surface area contributed by atoms with Gasteiger partial charge in [0.15, 0.2) is 6.10 Å². The Bertz CT molecular complexity index is 823. The quantitative estimate of drug-likeness (QED) is 0.707. The van der Waals surface area contributed by atoms with Crippen LogP contribution in [0.5, 0.6) is 0 Å². The molecule has 0 aliphatic carbocycles. The fourth-order valence-corrected chi connectivity index (χ4v) is 4.04. The maximum Gasteiger partial charge on any atom is 0.311 e. The second kappa shape index (κ2) is 10.2. The normalized spacial score (nSPS) is 17.4. The monoisotopic (exact) mass is 414 g/mol. The van der Waals surface area contributed by atoms with Gasteiger partial charge in [0, 0.05) is 19.6 Å². The Hall–Kier alpha value is -2.67. The first-order chi connectivity index (χ1) is 14.0. The van der Waals surface area contributed by atoms with Gasteiger partial charge in [-0.05, 0) is 43.2 Å². The molecule has 0 spiro atoms. The van der Waals surface area contributed by atoms with Crippen LogP contribution in [0.1, 0.15) is 35.0 Å². The first kappa shape index (κ1) is 21.0. The molecule has 2 atom stereocenters. The molecule has 1 saturated heterocycles. The van der Waals surface area contributed by atoms with E-state index in [0.29, 0.717) is 30.9 Å². The minimum Gasteiger partial charge on any atom is -0.452 e. The maximum absolute atomic E-state index is 12.5. The molecule has 2 unspecified atom stereocenters. The number of hydrogen-bond donors (Lipinski definition) is 1. The summed E-state index contributed by atoms with van der Waals surface area (Å²) in [5, 5.41) is 4.67. The van der Waals surface area contributed by atoms with Crippen molar-refractivity contribution in [2.45, 2.75) is 32.3 Å². The number of likely N-dealkylation sites (tertiary alicyclic amines) is 1. The predicted molar refractivity (Wildman–Crippen MR) is 112 cm³/mol. The molecule has 29 heavy (non-hydrogen) atoms. The number of carbonyl (C=O) groups excluding carboxylic acids is 3. The van der Waals surface area contributed by atoms with Crippen molar-refractivity contribution in [2.24, 2.45) is 5.92 Å². The van der Waals surface area contributed by atoms with E-state index < -0.39 is 18.0 Å². The third-order valence-corrected chi connectivity index (χ3v) is 5.85. The SMILES string of the molecule is CC(OC(=O)C1CCCN(C(=O)c2cccs2)C1)C(=O)NCCc1ccccc1. The molecule has 6 nitrogen and oxygen atoms in total. The Morgan fingerprint density at radius 3 is 2.72 bits per heavy atom. The molecule has 2 aromatic rings. The van der Waals surface area contributed by atoms with Crippen LogP contribution < -0.4 is 5.32 Å². The van der Waals surface area contributed by atoms with Crippen molar-refractivity contribution in [3.8, 4) is 0 Å². The topological polar surface area (TPSA) is 75.7 Å². The number of ether oxygens (including phenoxy) is 1. The van der Waals surface area contributed by atoms with E-state index >= 15 is 0 Å². The number of rotatable bonds is 7. The number of piperidine rings is 1. The van der Waals surface area contributed by atoms with Gasteiger partial charge in [0.2, 0.25) is 0 Å². The van der Waals surface area contributed by atoms with Gasteiger partial charge in [0.05, 0.1) is 10.8 Å². The number of hydrogen-bond acceptors (Lipinski definition) is 5. The molecule has 1 aromatic carbocycles. The molecule has 154 valence electrons. The number of nitrogens with zero attached hydrogens (tertiary/aromatic N) is 1. The third-order valence-electron chi connectivity index (χ3n) is 4.99. The van der Waals surface area contributed by atoms with Crippen molar-refractivity contribution in [1.29, 1.82) is 0 Å². The summed E-state index contributed by atoms with van der Waals surface area (Å²) in [6.07, 6.45) is 1.27.